The van der Waals surface area contributed by atoms with E-state index in [-0.39, 0.29) is 5.56 Å². The lowest BCUT2D eigenvalue weighted by molar-refractivity contribution is -0.0462. The number of aliphatic hydroxyl groups is 1. The number of benzene rings is 1. The van der Waals surface area contributed by atoms with Crippen LogP contribution in [0.1, 0.15) is 23.7 Å². The average molecular weight is 273 g/mol. The van der Waals surface area contributed by atoms with Crippen molar-refractivity contribution in [2.75, 3.05) is 19.8 Å². The quantitative estimate of drug-likeness (QED) is 0.797. The maximum absolute atomic E-state index is 12.8. The van der Waals surface area contributed by atoms with Gasteiger partial charge in [-0.2, -0.15) is 0 Å². The van der Waals surface area contributed by atoms with E-state index in [0.717, 1.165) is 6.42 Å². The topological polar surface area (TPSA) is 58.6 Å². The molecule has 0 atom stereocenters. The number of carbonyl (C=O) groups is 1. The summed E-state index contributed by atoms with van der Waals surface area (Å²) in [7, 11) is 0. The minimum absolute atomic E-state index is 0.238. The second-order valence-corrected chi connectivity index (χ2v) is 4.07. The van der Waals surface area contributed by atoms with Crippen molar-refractivity contribution in [1.82, 2.24) is 5.32 Å². The van der Waals surface area contributed by atoms with Gasteiger partial charge in [0.2, 0.25) is 0 Å². The number of nitrogens with one attached hydrogen (secondary N) is 1. The third-order valence-electron chi connectivity index (χ3n) is 2.31. The van der Waals surface area contributed by atoms with Gasteiger partial charge in [0.05, 0.1) is 13.2 Å². The van der Waals surface area contributed by atoms with Crippen molar-refractivity contribution >= 4 is 5.91 Å². The van der Waals surface area contributed by atoms with Crippen LogP contribution in [0.5, 0.6) is 5.75 Å². The van der Waals surface area contributed by atoms with Gasteiger partial charge >= 0.3 is 0 Å². The first-order valence-electron chi connectivity index (χ1n) is 5.98. The Morgan fingerprint density at radius 3 is 2.84 bits per heavy atom. The number of ether oxygens (including phenoxy) is 1. The summed E-state index contributed by atoms with van der Waals surface area (Å²) in [5, 5.41) is 10.5. The molecule has 1 aromatic carbocycles. The van der Waals surface area contributed by atoms with Crippen molar-refractivity contribution < 1.29 is 23.4 Å². The number of hydrogen-bond acceptors (Lipinski definition) is 3. The number of rotatable bonds is 7. The van der Waals surface area contributed by atoms with Crippen LogP contribution in [-0.2, 0) is 0 Å². The lowest BCUT2D eigenvalue weighted by atomic mass is 10.2. The van der Waals surface area contributed by atoms with Crippen LogP contribution in [0.3, 0.4) is 0 Å². The third kappa shape index (κ3) is 5.21. The predicted octanol–water partition coefficient (Wildman–Crippen LogP) is 1.83. The summed E-state index contributed by atoms with van der Waals surface area (Å²) in [6.07, 6.45) is 0.832. The summed E-state index contributed by atoms with van der Waals surface area (Å²) < 4.78 is 30.9. The molecule has 0 aromatic heterocycles. The standard InChI is InChI=1S/C13H17F2NO3/c1-2-6-19-11-5-3-4-10(7-11)12(18)16-8-13(14,15)9-17/h3-5,7,17H,2,6,8-9H2,1H3,(H,16,18). The SMILES string of the molecule is CCCOc1cccc(C(=O)NCC(F)(F)CO)c1. The number of amides is 1. The Hall–Kier alpha value is -1.69. The average Bonchev–Trinajstić information content (AvgIpc) is 2.43. The fourth-order valence-electron chi connectivity index (χ4n) is 1.31. The zero-order chi connectivity index (χ0) is 14.3. The molecule has 0 radical (unpaired) electrons. The molecule has 106 valence electrons. The van der Waals surface area contributed by atoms with Gasteiger partial charge in [0.15, 0.2) is 0 Å². The first-order valence-corrected chi connectivity index (χ1v) is 5.98. The van der Waals surface area contributed by atoms with Gasteiger partial charge in [0.25, 0.3) is 11.8 Å². The van der Waals surface area contributed by atoms with E-state index in [1.54, 1.807) is 12.1 Å². The van der Waals surface area contributed by atoms with E-state index >= 15 is 0 Å². The first-order chi connectivity index (χ1) is 8.98. The first kappa shape index (κ1) is 15.4. The van der Waals surface area contributed by atoms with Gasteiger partial charge in [-0.25, -0.2) is 8.78 Å². The summed E-state index contributed by atoms with van der Waals surface area (Å²) in [5.41, 5.74) is 0.238. The summed E-state index contributed by atoms with van der Waals surface area (Å²) in [5.74, 6) is -3.43. The summed E-state index contributed by atoms with van der Waals surface area (Å²) in [6, 6.07) is 6.30. The monoisotopic (exact) mass is 273 g/mol. The second kappa shape index (κ2) is 7.04. The van der Waals surface area contributed by atoms with Gasteiger partial charge in [0, 0.05) is 5.56 Å². The molecule has 1 aromatic rings. The molecule has 2 N–H and O–H groups in total. The van der Waals surface area contributed by atoms with Crippen LogP contribution in [-0.4, -0.2) is 36.7 Å². The number of hydrogen-bond donors (Lipinski definition) is 2. The third-order valence-corrected chi connectivity index (χ3v) is 2.31. The fourth-order valence-corrected chi connectivity index (χ4v) is 1.31. The van der Waals surface area contributed by atoms with Crippen LogP contribution < -0.4 is 10.1 Å². The number of aliphatic hydroxyl groups excluding tert-OH is 1. The Kier molecular flexibility index (Phi) is 5.69. The van der Waals surface area contributed by atoms with E-state index in [2.05, 4.69) is 5.32 Å². The predicted molar refractivity (Wildman–Crippen MR) is 66.6 cm³/mol. The molecule has 0 unspecified atom stereocenters. The molecule has 0 aliphatic carbocycles. The van der Waals surface area contributed by atoms with Crippen molar-refractivity contribution in [3.8, 4) is 5.75 Å². The second-order valence-electron chi connectivity index (χ2n) is 4.07. The summed E-state index contributed by atoms with van der Waals surface area (Å²) in [6.45, 7) is 0.274. The molecular formula is C13H17F2NO3. The molecule has 1 rings (SSSR count). The fraction of sp³-hybridized carbons (Fsp3) is 0.462. The zero-order valence-corrected chi connectivity index (χ0v) is 10.7. The highest BCUT2D eigenvalue weighted by atomic mass is 19.3. The molecule has 19 heavy (non-hydrogen) atoms. The van der Waals surface area contributed by atoms with E-state index in [9.17, 15) is 13.6 Å². The maximum atomic E-state index is 12.8. The lowest BCUT2D eigenvalue weighted by Gasteiger charge is -2.14. The minimum Gasteiger partial charge on any atom is -0.494 e. The number of carbonyl (C=O) groups excluding carboxylic acids is 1. The zero-order valence-electron chi connectivity index (χ0n) is 10.7. The van der Waals surface area contributed by atoms with E-state index < -0.39 is 25.0 Å². The van der Waals surface area contributed by atoms with Gasteiger partial charge in [-0.15, -0.1) is 0 Å². The Morgan fingerprint density at radius 2 is 2.21 bits per heavy atom. The largest absolute Gasteiger partial charge is 0.494 e. The van der Waals surface area contributed by atoms with Gasteiger partial charge < -0.3 is 15.2 Å². The van der Waals surface area contributed by atoms with E-state index in [4.69, 9.17) is 9.84 Å². The van der Waals surface area contributed by atoms with E-state index in [1.165, 1.54) is 12.1 Å². The van der Waals surface area contributed by atoms with E-state index in [1.807, 2.05) is 6.92 Å². The van der Waals surface area contributed by atoms with Gasteiger partial charge in [-0.1, -0.05) is 13.0 Å². The van der Waals surface area contributed by atoms with Crippen molar-refractivity contribution in [3.63, 3.8) is 0 Å². The van der Waals surface area contributed by atoms with Gasteiger partial charge in [-0.3, -0.25) is 4.79 Å². The molecule has 0 aliphatic rings. The maximum Gasteiger partial charge on any atom is 0.287 e. The Balaban J connectivity index is 2.61. The molecular weight excluding hydrogens is 256 g/mol. The Labute approximate surface area is 110 Å². The van der Waals surface area contributed by atoms with Crippen LogP contribution in [0.2, 0.25) is 0 Å². The molecule has 0 heterocycles. The summed E-state index contributed by atoms with van der Waals surface area (Å²) in [4.78, 5) is 11.7. The lowest BCUT2D eigenvalue weighted by Crippen LogP contribution is -2.38. The highest BCUT2D eigenvalue weighted by Gasteiger charge is 2.28. The minimum atomic E-state index is -3.31. The highest BCUT2D eigenvalue weighted by Crippen LogP contribution is 2.14. The van der Waals surface area contributed by atoms with Crippen molar-refractivity contribution in [2.45, 2.75) is 19.3 Å². The van der Waals surface area contributed by atoms with Crippen molar-refractivity contribution in [2.24, 2.45) is 0 Å². The van der Waals surface area contributed by atoms with Crippen LogP contribution in [0.4, 0.5) is 8.78 Å². The van der Waals surface area contributed by atoms with Crippen LogP contribution in [0.25, 0.3) is 0 Å². The smallest absolute Gasteiger partial charge is 0.287 e. The summed E-state index contributed by atoms with van der Waals surface area (Å²) >= 11 is 0. The van der Waals surface area contributed by atoms with Crippen molar-refractivity contribution in [3.05, 3.63) is 29.8 Å². The molecule has 1 amide bonds. The van der Waals surface area contributed by atoms with Gasteiger partial charge in [0.1, 0.15) is 12.4 Å². The number of halogens is 2. The Morgan fingerprint density at radius 1 is 1.47 bits per heavy atom. The normalized spacial score (nSPS) is 11.2. The molecule has 4 nitrogen and oxygen atoms in total. The highest BCUT2D eigenvalue weighted by molar-refractivity contribution is 5.94. The molecule has 0 spiro atoms. The molecule has 0 bridgehead atoms. The van der Waals surface area contributed by atoms with Crippen LogP contribution in [0.15, 0.2) is 24.3 Å². The van der Waals surface area contributed by atoms with Crippen LogP contribution >= 0.6 is 0 Å². The van der Waals surface area contributed by atoms with Gasteiger partial charge in [-0.05, 0) is 24.6 Å². The molecule has 0 saturated heterocycles. The molecule has 6 heteroatoms. The Bertz CT molecular complexity index is 424. The van der Waals surface area contributed by atoms with Crippen LogP contribution in [0, 0.1) is 0 Å². The molecule has 0 fully saturated rings. The van der Waals surface area contributed by atoms with Crippen molar-refractivity contribution in [1.29, 1.82) is 0 Å². The molecule has 0 saturated carbocycles. The number of alkyl halides is 2. The van der Waals surface area contributed by atoms with E-state index in [0.29, 0.717) is 12.4 Å². The molecule has 0 aliphatic heterocycles.